The van der Waals surface area contributed by atoms with Crippen molar-refractivity contribution in [3.05, 3.63) is 35.1 Å². The molecule has 0 aliphatic heterocycles. The highest BCUT2D eigenvalue weighted by molar-refractivity contribution is 7.80. The molecule has 98 valence electrons. The Morgan fingerprint density at radius 3 is 2.78 bits per heavy atom. The average molecular weight is 267 g/mol. The van der Waals surface area contributed by atoms with E-state index >= 15 is 0 Å². The summed E-state index contributed by atoms with van der Waals surface area (Å²) in [5, 5.41) is 0. The van der Waals surface area contributed by atoms with Crippen LogP contribution in [0.25, 0.3) is 0 Å². The minimum Gasteiger partial charge on any atom is -0.389 e. The monoisotopic (exact) mass is 267 g/mol. The zero-order valence-corrected chi connectivity index (χ0v) is 11.1. The van der Waals surface area contributed by atoms with Gasteiger partial charge in [0.05, 0.1) is 6.61 Å². The SMILES string of the molecule is NC(=S)c1ccc(F)cc1COCC1CCCC1. The van der Waals surface area contributed by atoms with Gasteiger partial charge in [0, 0.05) is 12.2 Å². The molecule has 1 saturated carbocycles. The summed E-state index contributed by atoms with van der Waals surface area (Å²) >= 11 is 4.95. The Labute approximate surface area is 112 Å². The number of halogens is 1. The van der Waals surface area contributed by atoms with Crippen LogP contribution in [0.4, 0.5) is 4.39 Å². The second-order valence-corrected chi connectivity index (χ2v) is 5.27. The molecule has 0 unspecified atom stereocenters. The molecule has 1 aliphatic rings. The molecule has 2 N–H and O–H groups in total. The summed E-state index contributed by atoms with van der Waals surface area (Å²) in [5.74, 6) is 0.376. The molecule has 0 aromatic heterocycles. The lowest BCUT2D eigenvalue weighted by Gasteiger charge is -2.12. The van der Waals surface area contributed by atoms with E-state index in [0.29, 0.717) is 18.1 Å². The van der Waals surface area contributed by atoms with E-state index in [-0.39, 0.29) is 10.8 Å². The molecule has 0 radical (unpaired) electrons. The predicted octanol–water partition coefficient (Wildman–Crippen LogP) is 3.17. The minimum atomic E-state index is -0.283. The summed E-state index contributed by atoms with van der Waals surface area (Å²) in [6, 6.07) is 4.43. The van der Waals surface area contributed by atoms with Crippen LogP contribution in [0.15, 0.2) is 18.2 Å². The molecular weight excluding hydrogens is 249 g/mol. The lowest BCUT2D eigenvalue weighted by Crippen LogP contribution is -2.14. The number of rotatable bonds is 5. The van der Waals surface area contributed by atoms with E-state index in [1.165, 1.54) is 37.8 Å². The fraction of sp³-hybridized carbons (Fsp3) is 0.500. The van der Waals surface area contributed by atoms with Gasteiger partial charge in [-0.05, 0) is 42.5 Å². The van der Waals surface area contributed by atoms with E-state index in [9.17, 15) is 4.39 Å². The van der Waals surface area contributed by atoms with Gasteiger partial charge in [-0.15, -0.1) is 0 Å². The van der Waals surface area contributed by atoms with Gasteiger partial charge >= 0.3 is 0 Å². The molecule has 2 rings (SSSR count). The summed E-state index contributed by atoms with van der Waals surface area (Å²) in [5.41, 5.74) is 7.05. The fourth-order valence-corrected chi connectivity index (χ4v) is 2.63. The lowest BCUT2D eigenvalue weighted by molar-refractivity contribution is 0.0886. The third kappa shape index (κ3) is 3.50. The highest BCUT2D eigenvalue weighted by Crippen LogP contribution is 2.25. The smallest absolute Gasteiger partial charge is 0.123 e. The summed E-state index contributed by atoms with van der Waals surface area (Å²) in [6.07, 6.45) is 5.08. The van der Waals surface area contributed by atoms with Crippen molar-refractivity contribution in [3.63, 3.8) is 0 Å². The Balaban J connectivity index is 1.94. The molecule has 0 heterocycles. The first-order valence-electron chi connectivity index (χ1n) is 6.33. The van der Waals surface area contributed by atoms with Gasteiger partial charge in [-0.25, -0.2) is 4.39 Å². The van der Waals surface area contributed by atoms with E-state index in [1.54, 1.807) is 6.07 Å². The first-order valence-corrected chi connectivity index (χ1v) is 6.73. The topological polar surface area (TPSA) is 35.2 Å². The van der Waals surface area contributed by atoms with Crippen LogP contribution in [0.2, 0.25) is 0 Å². The van der Waals surface area contributed by atoms with Crippen molar-refractivity contribution in [1.29, 1.82) is 0 Å². The third-order valence-electron chi connectivity index (χ3n) is 3.42. The first-order chi connectivity index (χ1) is 8.66. The number of nitrogens with two attached hydrogens (primary N) is 1. The molecule has 1 aromatic carbocycles. The standard InChI is InChI=1S/C14H18FNOS/c15-12-5-6-13(14(16)18)11(7-12)9-17-8-10-3-1-2-4-10/h5-7,10H,1-4,8-9H2,(H2,16,18). The van der Waals surface area contributed by atoms with Gasteiger partial charge in [0.15, 0.2) is 0 Å². The average Bonchev–Trinajstić information content (AvgIpc) is 2.82. The summed E-state index contributed by atoms with van der Waals surface area (Å²) in [7, 11) is 0. The molecule has 18 heavy (non-hydrogen) atoms. The van der Waals surface area contributed by atoms with Crippen LogP contribution < -0.4 is 5.73 Å². The van der Waals surface area contributed by atoms with E-state index in [0.717, 1.165) is 12.2 Å². The quantitative estimate of drug-likeness (QED) is 0.832. The van der Waals surface area contributed by atoms with Crippen LogP contribution in [-0.4, -0.2) is 11.6 Å². The van der Waals surface area contributed by atoms with Gasteiger partial charge in [-0.1, -0.05) is 25.1 Å². The van der Waals surface area contributed by atoms with E-state index in [4.69, 9.17) is 22.7 Å². The van der Waals surface area contributed by atoms with Gasteiger partial charge in [0.2, 0.25) is 0 Å². The zero-order chi connectivity index (χ0) is 13.0. The van der Waals surface area contributed by atoms with Crippen molar-refractivity contribution >= 4 is 17.2 Å². The Morgan fingerprint density at radius 1 is 1.39 bits per heavy atom. The van der Waals surface area contributed by atoms with Crippen molar-refractivity contribution < 1.29 is 9.13 Å². The number of hydrogen-bond donors (Lipinski definition) is 1. The van der Waals surface area contributed by atoms with Crippen molar-refractivity contribution in [2.75, 3.05) is 6.61 Å². The van der Waals surface area contributed by atoms with Crippen LogP contribution in [0, 0.1) is 11.7 Å². The fourth-order valence-electron chi connectivity index (χ4n) is 2.43. The Bertz CT molecular complexity index is 430. The van der Waals surface area contributed by atoms with E-state index < -0.39 is 0 Å². The summed E-state index contributed by atoms with van der Waals surface area (Å²) in [6.45, 7) is 1.12. The van der Waals surface area contributed by atoms with E-state index in [2.05, 4.69) is 0 Å². The molecule has 1 aromatic rings. The van der Waals surface area contributed by atoms with Crippen LogP contribution in [0.3, 0.4) is 0 Å². The molecule has 0 saturated heterocycles. The Kier molecular flexibility index (Phi) is 4.66. The lowest BCUT2D eigenvalue weighted by atomic mass is 10.1. The number of hydrogen-bond acceptors (Lipinski definition) is 2. The highest BCUT2D eigenvalue weighted by atomic mass is 32.1. The molecular formula is C14H18FNOS. The molecule has 0 spiro atoms. The highest BCUT2D eigenvalue weighted by Gasteiger charge is 2.15. The molecule has 1 fully saturated rings. The minimum absolute atomic E-state index is 0.283. The van der Waals surface area contributed by atoms with Crippen molar-refractivity contribution in [1.82, 2.24) is 0 Å². The number of thiocarbonyl (C=S) groups is 1. The molecule has 0 bridgehead atoms. The molecule has 2 nitrogen and oxygen atoms in total. The van der Waals surface area contributed by atoms with Gasteiger partial charge in [0.1, 0.15) is 10.8 Å². The Hall–Kier alpha value is -1.00. The van der Waals surface area contributed by atoms with Gasteiger partial charge < -0.3 is 10.5 Å². The Morgan fingerprint density at radius 2 is 2.11 bits per heavy atom. The van der Waals surface area contributed by atoms with Gasteiger partial charge in [-0.2, -0.15) is 0 Å². The largest absolute Gasteiger partial charge is 0.389 e. The normalized spacial score (nSPS) is 16.1. The first kappa shape index (κ1) is 13.4. The second-order valence-electron chi connectivity index (χ2n) is 4.83. The maximum Gasteiger partial charge on any atom is 0.123 e. The van der Waals surface area contributed by atoms with Crippen molar-refractivity contribution in [2.45, 2.75) is 32.3 Å². The van der Waals surface area contributed by atoms with Crippen molar-refractivity contribution in [2.24, 2.45) is 11.7 Å². The van der Waals surface area contributed by atoms with Crippen molar-refractivity contribution in [3.8, 4) is 0 Å². The van der Waals surface area contributed by atoms with E-state index in [1.807, 2.05) is 0 Å². The number of ether oxygens (including phenoxy) is 1. The summed E-state index contributed by atoms with van der Waals surface area (Å²) in [4.78, 5) is 0.287. The predicted molar refractivity (Wildman–Crippen MR) is 73.9 cm³/mol. The second kappa shape index (κ2) is 6.25. The molecule has 4 heteroatoms. The maximum atomic E-state index is 13.2. The van der Waals surface area contributed by atoms with Crippen LogP contribution in [0.5, 0.6) is 0 Å². The van der Waals surface area contributed by atoms with Gasteiger partial charge in [-0.3, -0.25) is 0 Å². The third-order valence-corrected chi connectivity index (χ3v) is 3.64. The maximum absolute atomic E-state index is 13.2. The zero-order valence-electron chi connectivity index (χ0n) is 10.3. The van der Waals surface area contributed by atoms with Gasteiger partial charge in [0.25, 0.3) is 0 Å². The van der Waals surface area contributed by atoms with Crippen LogP contribution in [-0.2, 0) is 11.3 Å². The van der Waals surface area contributed by atoms with Crippen LogP contribution >= 0.6 is 12.2 Å². The molecule has 1 aliphatic carbocycles. The number of benzene rings is 1. The molecule has 0 atom stereocenters. The van der Waals surface area contributed by atoms with Crippen LogP contribution in [0.1, 0.15) is 36.8 Å². The summed E-state index contributed by atoms with van der Waals surface area (Å²) < 4.78 is 18.9. The molecule has 0 amide bonds.